The van der Waals surface area contributed by atoms with Crippen molar-refractivity contribution in [1.82, 2.24) is 5.32 Å². The van der Waals surface area contributed by atoms with Crippen LogP contribution in [0, 0.1) is 5.41 Å². The summed E-state index contributed by atoms with van der Waals surface area (Å²) in [5.74, 6) is -1.49. The highest BCUT2D eigenvalue weighted by molar-refractivity contribution is 6.30. The topological polar surface area (TPSA) is 66.4 Å². The Hall–Kier alpha value is -1.81. The molecule has 1 rings (SSSR count). The number of nitrogens with one attached hydrogen (secondary N) is 1. The zero-order valence-electron chi connectivity index (χ0n) is 11.7. The van der Waals surface area contributed by atoms with E-state index in [1.807, 2.05) is 0 Å². The smallest absolute Gasteiger partial charge is 0.326 e. The fourth-order valence-electron chi connectivity index (χ4n) is 1.58. The minimum Gasteiger partial charge on any atom is -0.480 e. The molecule has 0 unspecified atom stereocenters. The molecule has 4 nitrogen and oxygen atoms in total. The van der Waals surface area contributed by atoms with Crippen molar-refractivity contribution in [2.24, 2.45) is 5.41 Å². The molecule has 0 aliphatic rings. The van der Waals surface area contributed by atoms with Crippen molar-refractivity contribution in [2.75, 3.05) is 0 Å². The molecule has 1 aromatic rings. The van der Waals surface area contributed by atoms with E-state index in [9.17, 15) is 9.59 Å². The first-order chi connectivity index (χ1) is 9.20. The van der Waals surface area contributed by atoms with Crippen molar-refractivity contribution in [2.45, 2.75) is 26.8 Å². The number of amides is 1. The van der Waals surface area contributed by atoms with Crippen LogP contribution in [0.2, 0.25) is 5.02 Å². The van der Waals surface area contributed by atoms with Crippen LogP contribution >= 0.6 is 11.6 Å². The fourth-order valence-corrected chi connectivity index (χ4v) is 1.71. The maximum atomic E-state index is 11.8. The van der Waals surface area contributed by atoms with E-state index < -0.39 is 23.3 Å². The first-order valence-electron chi connectivity index (χ1n) is 6.17. The minimum absolute atomic E-state index is 0.442. The second kappa shape index (κ2) is 6.57. The van der Waals surface area contributed by atoms with Crippen LogP contribution in [-0.4, -0.2) is 23.0 Å². The molecule has 0 heterocycles. The van der Waals surface area contributed by atoms with E-state index in [1.54, 1.807) is 51.1 Å². The Bertz CT molecular complexity index is 515. The molecule has 1 aromatic carbocycles. The number of carbonyl (C=O) groups excluding carboxylic acids is 1. The van der Waals surface area contributed by atoms with Crippen molar-refractivity contribution < 1.29 is 14.7 Å². The molecule has 0 fully saturated rings. The highest BCUT2D eigenvalue weighted by atomic mass is 35.5. The van der Waals surface area contributed by atoms with Crippen LogP contribution in [-0.2, 0) is 9.59 Å². The van der Waals surface area contributed by atoms with E-state index in [4.69, 9.17) is 16.7 Å². The Morgan fingerprint density at radius 3 is 2.25 bits per heavy atom. The molecular formula is C15H18ClNO3. The molecule has 0 aliphatic heterocycles. The lowest BCUT2D eigenvalue weighted by Gasteiger charge is -2.27. The lowest BCUT2D eigenvalue weighted by molar-refractivity contribution is -0.144. The number of halogens is 1. The van der Waals surface area contributed by atoms with Gasteiger partial charge in [0.05, 0.1) is 0 Å². The lowest BCUT2D eigenvalue weighted by atomic mass is 9.87. The highest BCUT2D eigenvalue weighted by Crippen LogP contribution is 2.19. The number of carboxylic acid groups (broad SMARTS) is 1. The zero-order chi connectivity index (χ0) is 15.3. The third-order valence-electron chi connectivity index (χ3n) is 2.70. The molecular weight excluding hydrogens is 278 g/mol. The number of hydrogen-bond donors (Lipinski definition) is 2. The second-order valence-corrected chi connectivity index (χ2v) is 5.97. The Morgan fingerprint density at radius 2 is 1.80 bits per heavy atom. The third kappa shape index (κ3) is 5.05. The summed E-state index contributed by atoms with van der Waals surface area (Å²) >= 11 is 5.76. The average Bonchev–Trinajstić information content (AvgIpc) is 2.33. The first-order valence-corrected chi connectivity index (χ1v) is 6.55. The van der Waals surface area contributed by atoms with Crippen LogP contribution in [0.1, 0.15) is 26.3 Å². The Kier molecular flexibility index (Phi) is 5.34. The second-order valence-electron chi connectivity index (χ2n) is 5.53. The maximum Gasteiger partial charge on any atom is 0.326 e. The van der Waals surface area contributed by atoms with E-state index >= 15 is 0 Å². The van der Waals surface area contributed by atoms with E-state index in [2.05, 4.69) is 5.32 Å². The Morgan fingerprint density at radius 1 is 1.25 bits per heavy atom. The van der Waals surface area contributed by atoms with Crippen LogP contribution in [0.5, 0.6) is 0 Å². The van der Waals surface area contributed by atoms with Crippen molar-refractivity contribution in [3.63, 3.8) is 0 Å². The zero-order valence-corrected chi connectivity index (χ0v) is 12.4. The van der Waals surface area contributed by atoms with Gasteiger partial charge in [-0.25, -0.2) is 4.79 Å². The number of benzene rings is 1. The van der Waals surface area contributed by atoms with Gasteiger partial charge in [0.1, 0.15) is 6.04 Å². The summed E-state index contributed by atoms with van der Waals surface area (Å²) in [6, 6.07) is 6.03. The van der Waals surface area contributed by atoms with Crippen molar-refractivity contribution in [1.29, 1.82) is 0 Å². The van der Waals surface area contributed by atoms with Gasteiger partial charge in [-0.05, 0) is 29.2 Å². The number of rotatable bonds is 4. The molecule has 2 N–H and O–H groups in total. The number of hydrogen-bond acceptors (Lipinski definition) is 2. The van der Waals surface area contributed by atoms with Gasteiger partial charge in [-0.1, -0.05) is 44.5 Å². The number of carboxylic acids is 1. The van der Waals surface area contributed by atoms with Gasteiger partial charge in [-0.3, -0.25) is 4.79 Å². The summed E-state index contributed by atoms with van der Waals surface area (Å²) in [5.41, 5.74) is 0.252. The summed E-state index contributed by atoms with van der Waals surface area (Å²) < 4.78 is 0. The average molecular weight is 296 g/mol. The fraction of sp³-hybridized carbons (Fsp3) is 0.333. The van der Waals surface area contributed by atoms with E-state index in [1.165, 1.54) is 6.08 Å². The van der Waals surface area contributed by atoms with Crippen LogP contribution in [0.3, 0.4) is 0 Å². The summed E-state index contributed by atoms with van der Waals surface area (Å²) in [6.07, 6.45) is 2.91. The molecule has 0 radical (unpaired) electrons. The normalized spacial score (nSPS) is 13.2. The molecule has 108 valence electrons. The van der Waals surface area contributed by atoms with Gasteiger partial charge in [-0.15, -0.1) is 0 Å². The predicted molar refractivity (Wildman–Crippen MR) is 79.5 cm³/mol. The molecule has 20 heavy (non-hydrogen) atoms. The molecule has 0 aromatic heterocycles. The SMILES string of the molecule is CC(C)(C)[C@H](NC(=O)/C=C/c1ccc(Cl)cc1)C(=O)O. The Balaban J connectivity index is 2.71. The van der Waals surface area contributed by atoms with Gasteiger partial charge in [0, 0.05) is 11.1 Å². The quantitative estimate of drug-likeness (QED) is 0.839. The number of carbonyl (C=O) groups is 2. The Labute approximate surface area is 123 Å². The molecule has 0 aliphatic carbocycles. The molecule has 0 saturated carbocycles. The van der Waals surface area contributed by atoms with E-state index in [0.717, 1.165) is 5.56 Å². The van der Waals surface area contributed by atoms with Crippen LogP contribution in [0.4, 0.5) is 0 Å². The monoisotopic (exact) mass is 295 g/mol. The van der Waals surface area contributed by atoms with Crippen molar-refractivity contribution in [3.05, 3.63) is 40.9 Å². The van der Waals surface area contributed by atoms with Gasteiger partial charge in [0.25, 0.3) is 0 Å². The van der Waals surface area contributed by atoms with Crippen molar-refractivity contribution >= 4 is 29.6 Å². The third-order valence-corrected chi connectivity index (χ3v) is 2.95. The van der Waals surface area contributed by atoms with Gasteiger partial charge < -0.3 is 10.4 Å². The standard InChI is InChI=1S/C15H18ClNO3/c1-15(2,3)13(14(19)20)17-12(18)9-6-10-4-7-11(16)8-5-10/h4-9,13H,1-3H3,(H,17,18)(H,19,20)/b9-6+/t13-/m1/s1. The van der Waals surface area contributed by atoms with Gasteiger partial charge in [0.15, 0.2) is 0 Å². The summed E-state index contributed by atoms with van der Waals surface area (Å²) in [4.78, 5) is 22.9. The van der Waals surface area contributed by atoms with Crippen LogP contribution in [0.25, 0.3) is 6.08 Å². The van der Waals surface area contributed by atoms with E-state index in [-0.39, 0.29) is 0 Å². The van der Waals surface area contributed by atoms with E-state index in [0.29, 0.717) is 5.02 Å². The molecule has 1 amide bonds. The summed E-state index contributed by atoms with van der Waals surface area (Å²) in [7, 11) is 0. The molecule has 5 heteroatoms. The van der Waals surface area contributed by atoms with Crippen molar-refractivity contribution in [3.8, 4) is 0 Å². The predicted octanol–water partition coefficient (Wildman–Crippen LogP) is 2.97. The lowest BCUT2D eigenvalue weighted by Crippen LogP contribution is -2.48. The highest BCUT2D eigenvalue weighted by Gasteiger charge is 2.31. The molecule has 0 saturated heterocycles. The minimum atomic E-state index is -1.05. The summed E-state index contributed by atoms with van der Waals surface area (Å²) in [5, 5.41) is 12.2. The number of aliphatic carboxylic acids is 1. The van der Waals surface area contributed by atoms with Crippen LogP contribution < -0.4 is 5.32 Å². The van der Waals surface area contributed by atoms with Crippen LogP contribution in [0.15, 0.2) is 30.3 Å². The molecule has 0 bridgehead atoms. The molecule has 1 atom stereocenters. The van der Waals surface area contributed by atoms with Gasteiger partial charge in [0.2, 0.25) is 5.91 Å². The largest absolute Gasteiger partial charge is 0.480 e. The molecule has 0 spiro atoms. The maximum absolute atomic E-state index is 11.8. The first kappa shape index (κ1) is 16.2. The van der Waals surface area contributed by atoms with Gasteiger partial charge in [-0.2, -0.15) is 0 Å². The summed E-state index contributed by atoms with van der Waals surface area (Å²) in [6.45, 7) is 5.28. The van der Waals surface area contributed by atoms with Gasteiger partial charge >= 0.3 is 5.97 Å².